The third-order valence-corrected chi connectivity index (χ3v) is 4.60. The van der Waals surface area contributed by atoms with Crippen molar-refractivity contribution in [1.29, 1.82) is 0 Å². The van der Waals surface area contributed by atoms with Crippen LogP contribution in [0.25, 0.3) is 27.0 Å². The van der Waals surface area contributed by atoms with Crippen LogP contribution in [0.2, 0.25) is 0 Å². The lowest BCUT2D eigenvalue weighted by molar-refractivity contribution is -0.169. The topological polar surface area (TPSA) is 87.7 Å². The fourth-order valence-electron chi connectivity index (χ4n) is 3.02. The number of aromatic nitrogens is 3. The van der Waals surface area contributed by atoms with Gasteiger partial charge in [0.1, 0.15) is 0 Å². The van der Waals surface area contributed by atoms with Crippen molar-refractivity contribution in [2.75, 3.05) is 0 Å². The second kappa shape index (κ2) is 8.96. The van der Waals surface area contributed by atoms with E-state index in [1.807, 2.05) is 36.7 Å². The van der Waals surface area contributed by atoms with Gasteiger partial charge in [-0.3, -0.25) is 9.78 Å². The first-order chi connectivity index (χ1) is 14.7. The van der Waals surface area contributed by atoms with Crippen LogP contribution in [0.3, 0.4) is 0 Å². The average molecular weight is 420 g/mol. The van der Waals surface area contributed by atoms with Gasteiger partial charge in [0, 0.05) is 18.5 Å². The van der Waals surface area contributed by atoms with E-state index in [1.54, 1.807) is 19.9 Å². The van der Waals surface area contributed by atoms with Gasteiger partial charge in [-0.1, -0.05) is 32.6 Å². The smallest absolute Gasteiger partial charge is 0.341 e. The van der Waals surface area contributed by atoms with Gasteiger partial charge >= 0.3 is 17.8 Å². The Bertz CT molecular complexity index is 1170. The Balaban J connectivity index is 1.87. The van der Waals surface area contributed by atoms with Gasteiger partial charge in [-0.2, -0.15) is 4.68 Å². The fraction of sp³-hybridized carbons (Fsp3) is 0.348. The van der Waals surface area contributed by atoms with Crippen molar-refractivity contribution in [3.05, 3.63) is 53.5 Å². The Morgan fingerprint density at radius 1 is 1.06 bits per heavy atom. The summed E-state index contributed by atoms with van der Waals surface area (Å²) in [4.78, 5) is 32.0. The standard InChI is InChI=1S/C23H24N4O4/c1-13(2)22(28)30-15(5)31-23(29)17-9-10-25-19(12-17)16-7-8-20-18(11-16)21(24-6)26-27(20)14(3)4/h7-15H,1-5H3. The van der Waals surface area contributed by atoms with Gasteiger partial charge in [0.25, 0.3) is 0 Å². The van der Waals surface area contributed by atoms with E-state index < -0.39 is 18.2 Å². The Morgan fingerprint density at radius 3 is 2.45 bits per heavy atom. The second-order valence-electron chi connectivity index (χ2n) is 7.70. The Labute approximate surface area is 180 Å². The fourth-order valence-corrected chi connectivity index (χ4v) is 3.02. The molecule has 3 rings (SSSR count). The SMILES string of the molecule is [C-]#[N+]c1nn(C(C)C)c2ccc(-c3cc(C(=O)OC(C)OC(=O)C(C)C)ccn3)cc12. The first kappa shape index (κ1) is 22.0. The molecular formula is C23H24N4O4. The summed E-state index contributed by atoms with van der Waals surface area (Å²) in [6.07, 6.45) is 0.507. The molecule has 0 aliphatic rings. The molecule has 3 aromatic rings. The van der Waals surface area contributed by atoms with Crippen LogP contribution >= 0.6 is 0 Å². The number of esters is 2. The number of rotatable bonds is 6. The summed E-state index contributed by atoms with van der Waals surface area (Å²) in [5.74, 6) is -1.06. The highest BCUT2D eigenvalue weighted by molar-refractivity contribution is 5.95. The summed E-state index contributed by atoms with van der Waals surface area (Å²) >= 11 is 0. The zero-order valence-corrected chi connectivity index (χ0v) is 18.1. The highest BCUT2D eigenvalue weighted by atomic mass is 16.7. The van der Waals surface area contributed by atoms with Crippen LogP contribution < -0.4 is 0 Å². The number of fused-ring (bicyclic) bond motifs is 1. The van der Waals surface area contributed by atoms with E-state index in [9.17, 15) is 9.59 Å². The van der Waals surface area contributed by atoms with Crippen molar-refractivity contribution in [2.45, 2.75) is 47.0 Å². The number of hydrogen-bond acceptors (Lipinski definition) is 6. The van der Waals surface area contributed by atoms with E-state index in [0.29, 0.717) is 11.5 Å². The van der Waals surface area contributed by atoms with Gasteiger partial charge in [0.05, 0.1) is 28.7 Å². The highest BCUT2D eigenvalue weighted by Gasteiger charge is 2.19. The molecule has 0 amide bonds. The van der Waals surface area contributed by atoms with Crippen LogP contribution in [0.4, 0.5) is 5.82 Å². The number of hydrogen-bond donors (Lipinski definition) is 0. The van der Waals surface area contributed by atoms with E-state index in [1.165, 1.54) is 19.2 Å². The summed E-state index contributed by atoms with van der Waals surface area (Å²) in [5.41, 5.74) is 2.44. The quantitative estimate of drug-likeness (QED) is 0.319. The minimum absolute atomic E-state index is 0.117. The molecule has 0 saturated heterocycles. The predicted octanol–water partition coefficient (Wildman–Crippen LogP) is 4.93. The van der Waals surface area contributed by atoms with Gasteiger partial charge in [0.2, 0.25) is 6.29 Å². The van der Waals surface area contributed by atoms with Gasteiger partial charge < -0.3 is 14.3 Å². The molecule has 2 aromatic heterocycles. The average Bonchev–Trinajstić information content (AvgIpc) is 3.12. The van der Waals surface area contributed by atoms with Crippen LogP contribution in [-0.4, -0.2) is 33.0 Å². The van der Waals surface area contributed by atoms with Gasteiger partial charge in [-0.15, -0.1) is 0 Å². The normalized spacial score (nSPS) is 12.1. The minimum atomic E-state index is -1.00. The van der Waals surface area contributed by atoms with Crippen molar-refractivity contribution < 1.29 is 19.1 Å². The maximum absolute atomic E-state index is 12.5. The Morgan fingerprint density at radius 2 is 1.81 bits per heavy atom. The molecule has 8 heteroatoms. The molecule has 1 unspecified atom stereocenters. The first-order valence-electron chi connectivity index (χ1n) is 9.99. The molecule has 0 saturated carbocycles. The third-order valence-electron chi connectivity index (χ3n) is 4.60. The van der Waals surface area contributed by atoms with Crippen molar-refractivity contribution in [2.24, 2.45) is 5.92 Å². The first-order valence-corrected chi connectivity index (χ1v) is 9.99. The molecule has 0 fully saturated rings. The Hall–Kier alpha value is -3.73. The maximum Gasteiger partial charge on any atom is 0.341 e. The van der Waals surface area contributed by atoms with E-state index >= 15 is 0 Å². The molecule has 0 N–H and O–H groups in total. The lowest BCUT2D eigenvalue weighted by Crippen LogP contribution is -2.24. The minimum Gasteiger partial charge on any atom is -0.425 e. The van der Waals surface area contributed by atoms with Gasteiger partial charge in [-0.05, 0) is 42.7 Å². The number of benzene rings is 1. The number of carbonyl (C=O) groups excluding carboxylic acids is 2. The van der Waals surface area contributed by atoms with Crippen LogP contribution in [0.1, 0.15) is 51.0 Å². The zero-order chi connectivity index (χ0) is 22.7. The third kappa shape index (κ3) is 4.72. The monoisotopic (exact) mass is 420 g/mol. The van der Waals surface area contributed by atoms with Crippen molar-refractivity contribution >= 4 is 28.7 Å². The summed E-state index contributed by atoms with van der Waals surface area (Å²) in [6, 6.07) is 8.87. The molecular weight excluding hydrogens is 396 g/mol. The molecule has 31 heavy (non-hydrogen) atoms. The zero-order valence-electron chi connectivity index (χ0n) is 18.1. The van der Waals surface area contributed by atoms with Crippen LogP contribution in [0, 0.1) is 12.5 Å². The molecule has 1 atom stereocenters. The molecule has 0 radical (unpaired) electrons. The van der Waals surface area contributed by atoms with Crippen LogP contribution in [-0.2, 0) is 14.3 Å². The largest absolute Gasteiger partial charge is 0.425 e. The lowest BCUT2D eigenvalue weighted by atomic mass is 10.1. The summed E-state index contributed by atoms with van der Waals surface area (Å²) in [6.45, 7) is 16.3. The molecule has 2 heterocycles. The number of ether oxygens (including phenoxy) is 2. The summed E-state index contributed by atoms with van der Waals surface area (Å²) in [7, 11) is 0. The lowest BCUT2D eigenvalue weighted by Gasteiger charge is -2.15. The number of nitrogens with zero attached hydrogens (tertiary/aromatic N) is 4. The second-order valence-corrected chi connectivity index (χ2v) is 7.70. The molecule has 1 aromatic carbocycles. The molecule has 160 valence electrons. The molecule has 8 nitrogen and oxygen atoms in total. The van der Waals surface area contributed by atoms with E-state index in [-0.39, 0.29) is 17.5 Å². The maximum atomic E-state index is 12.5. The van der Waals surface area contributed by atoms with E-state index in [4.69, 9.17) is 16.0 Å². The summed E-state index contributed by atoms with van der Waals surface area (Å²) in [5, 5.41) is 5.11. The number of carbonyl (C=O) groups is 2. The Kier molecular flexibility index (Phi) is 6.35. The van der Waals surface area contributed by atoms with Crippen LogP contribution in [0.5, 0.6) is 0 Å². The molecule has 0 bridgehead atoms. The molecule has 0 aliphatic heterocycles. The van der Waals surface area contributed by atoms with Crippen molar-refractivity contribution in [3.8, 4) is 11.3 Å². The van der Waals surface area contributed by atoms with Gasteiger partial charge in [-0.25, -0.2) is 4.79 Å². The number of pyridine rings is 1. The highest BCUT2D eigenvalue weighted by Crippen LogP contribution is 2.31. The van der Waals surface area contributed by atoms with E-state index in [2.05, 4.69) is 14.9 Å². The summed E-state index contributed by atoms with van der Waals surface area (Å²) < 4.78 is 12.1. The van der Waals surface area contributed by atoms with Crippen molar-refractivity contribution in [3.63, 3.8) is 0 Å². The van der Waals surface area contributed by atoms with E-state index in [0.717, 1.165) is 16.5 Å². The predicted molar refractivity (Wildman–Crippen MR) is 115 cm³/mol. The van der Waals surface area contributed by atoms with Gasteiger partial charge in [0.15, 0.2) is 0 Å². The molecule has 0 aliphatic carbocycles. The van der Waals surface area contributed by atoms with Crippen LogP contribution in [0.15, 0.2) is 36.5 Å². The molecule has 0 spiro atoms. The van der Waals surface area contributed by atoms with Crippen molar-refractivity contribution in [1.82, 2.24) is 14.8 Å².